The molecule has 1 aromatic rings. The van der Waals surface area contributed by atoms with Crippen LogP contribution >= 0.6 is 0 Å². The molecule has 0 aliphatic rings. The summed E-state index contributed by atoms with van der Waals surface area (Å²) in [4.78, 5) is 10.5. The molecule has 1 amide bonds. The summed E-state index contributed by atoms with van der Waals surface area (Å²) in [5.41, 5.74) is 11.2. The van der Waals surface area contributed by atoms with Crippen molar-refractivity contribution in [3.8, 4) is 0 Å². The number of amides is 1. The van der Waals surface area contributed by atoms with Gasteiger partial charge in [0.25, 0.3) is 0 Å². The number of nitrogens with two attached hydrogens (primary N) is 2. The van der Waals surface area contributed by atoms with Gasteiger partial charge in [-0.2, -0.15) is 5.10 Å². The van der Waals surface area contributed by atoms with Crippen molar-refractivity contribution < 1.29 is 4.79 Å². The van der Waals surface area contributed by atoms with Crippen molar-refractivity contribution in [2.24, 2.45) is 12.8 Å². The van der Waals surface area contributed by atoms with E-state index in [9.17, 15) is 4.79 Å². The molecular weight excluding hydrogens is 144 g/mol. The van der Waals surface area contributed by atoms with E-state index in [4.69, 9.17) is 11.5 Å². The molecule has 60 valence electrons. The molecule has 0 spiro atoms. The molecule has 4 N–H and O–H groups in total. The summed E-state index contributed by atoms with van der Waals surface area (Å²) in [6.45, 7) is 0. The van der Waals surface area contributed by atoms with Gasteiger partial charge in [-0.15, -0.1) is 0 Å². The number of hydrogen-bond acceptors (Lipinski definition) is 3. The lowest BCUT2D eigenvalue weighted by Crippen LogP contribution is -2.14. The maximum Gasteiger partial charge on any atom is 0.222 e. The lowest BCUT2D eigenvalue weighted by Gasteiger charge is -1.95. The van der Waals surface area contributed by atoms with Crippen molar-refractivity contribution in [3.63, 3.8) is 0 Å². The minimum Gasteiger partial charge on any atom is -0.384 e. The first kappa shape index (κ1) is 7.59. The van der Waals surface area contributed by atoms with E-state index in [2.05, 4.69) is 5.10 Å². The van der Waals surface area contributed by atoms with Crippen LogP contribution in [0.25, 0.3) is 0 Å². The Morgan fingerprint density at radius 1 is 1.82 bits per heavy atom. The first-order chi connectivity index (χ1) is 5.11. The molecule has 0 saturated carbocycles. The number of hydrogen-bond donors (Lipinski definition) is 2. The topological polar surface area (TPSA) is 86.9 Å². The number of aromatic nitrogens is 2. The second kappa shape index (κ2) is 2.61. The highest BCUT2D eigenvalue weighted by molar-refractivity contribution is 5.77. The van der Waals surface area contributed by atoms with Gasteiger partial charge in [-0.25, -0.2) is 0 Å². The number of primary amides is 1. The fourth-order valence-electron chi connectivity index (χ4n) is 0.816. The third kappa shape index (κ3) is 1.49. The first-order valence-electron chi connectivity index (χ1n) is 3.16. The highest BCUT2D eigenvalue weighted by atomic mass is 16.1. The molecule has 0 radical (unpaired) electrons. The van der Waals surface area contributed by atoms with Gasteiger partial charge >= 0.3 is 0 Å². The number of nitrogens with zero attached hydrogens (tertiary/aromatic N) is 2. The molecule has 11 heavy (non-hydrogen) atoms. The van der Waals surface area contributed by atoms with Crippen LogP contribution in [-0.2, 0) is 18.3 Å². The molecule has 0 bridgehead atoms. The molecule has 0 atom stereocenters. The zero-order valence-electron chi connectivity index (χ0n) is 6.24. The van der Waals surface area contributed by atoms with Crippen molar-refractivity contribution in [1.29, 1.82) is 0 Å². The van der Waals surface area contributed by atoms with Gasteiger partial charge in [0.1, 0.15) is 5.82 Å². The average molecular weight is 154 g/mol. The van der Waals surface area contributed by atoms with Gasteiger partial charge in [0, 0.05) is 12.6 Å². The molecule has 0 aliphatic carbocycles. The predicted octanol–water partition coefficient (Wildman–Crippen LogP) is -0.970. The maximum atomic E-state index is 10.5. The van der Waals surface area contributed by atoms with Gasteiger partial charge in [-0.05, 0) is 0 Å². The standard InChI is InChI=1S/C6H10N4O/c1-10-6(8)4(3-9-10)2-5(7)11/h3H,2,8H2,1H3,(H2,7,11). The molecule has 0 fully saturated rings. The monoisotopic (exact) mass is 154 g/mol. The molecule has 1 rings (SSSR count). The summed E-state index contributed by atoms with van der Waals surface area (Å²) < 4.78 is 1.50. The molecule has 1 heterocycles. The molecular formula is C6H10N4O. The summed E-state index contributed by atoms with van der Waals surface area (Å²) in [6, 6.07) is 0. The Balaban J connectivity index is 2.87. The Hall–Kier alpha value is -1.52. The van der Waals surface area contributed by atoms with E-state index < -0.39 is 5.91 Å². The Bertz CT molecular complexity index is 278. The highest BCUT2D eigenvalue weighted by Gasteiger charge is 2.06. The zero-order chi connectivity index (χ0) is 8.43. The molecule has 5 nitrogen and oxygen atoms in total. The third-order valence-corrected chi connectivity index (χ3v) is 1.43. The van der Waals surface area contributed by atoms with E-state index in [0.717, 1.165) is 0 Å². The van der Waals surface area contributed by atoms with Gasteiger partial charge in [0.05, 0.1) is 12.6 Å². The highest BCUT2D eigenvalue weighted by Crippen LogP contribution is 2.08. The van der Waals surface area contributed by atoms with E-state index in [1.807, 2.05) is 0 Å². The molecule has 5 heteroatoms. The second-order valence-electron chi connectivity index (χ2n) is 2.32. The van der Waals surface area contributed by atoms with E-state index in [0.29, 0.717) is 11.4 Å². The number of rotatable bonds is 2. The summed E-state index contributed by atoms with van der Waals surface area (Å²) in [6.07, 6.45) is 1.69. The van der Waals surface area contributed by atoms with Gasteiger partial charge < -0.3 is 11.5 Å². The zero-order valence-corrected chi connectivity index (χ0v) is 6.24. The third-order valence-electron chi connectivity index (χ3n) is 1.43. The number of aryl methyl sites for hydroxylation is 1. The Morgan fingerprint density at radius 2 is 2.45 bits per heavy atom. The van der Waals surface area contributed by atoms with Gasteiger partial charge in [-0.3, -0.25) is 9.48 Å². The van der Waals surface area contributed by atoms with Crippen molar-refractivity contribution >= 4 is 11.7 Å². The normalized spacial score (nSPS) is 9.91. The van der Waals surface area contributed by atoms with Crippen molar-refractivity contribution in [1.82, 2.24) is 9.78 Å². The van der Waals surface area contributed by atoms with Crippen LogP contribution in [0.1, 0.15) is 5.56 Å². The minimum absolute atomic E-state index is 0.152. The van der Waals surface area contributed by atoms with Crippen LogP contribution < -0.4 is 11.5 Å². The number of anilines is 1. The van der Waals surface area contributed by atoms with Gasteiger partial charge in [-0.1, -0.05) is 0 Å². The van der Waals surface area contributed by atoms with Crippen LogP contribution in [0.5, 0.6) is 0 Å². The molecule has 0 aromatic carbocycles. The van der Waals surface area contributed by atoms with Crippen molar-refractivity contribution in [2.75, 3.05) is 5.73 Å². The lowest BCUT2D eigenvalue weighted by molar-refractivity contribution is -0.117. The molecule has 1 aromatic heterocycles. The fourth-order valence-corrected chi connectivity index (χ4v) is 0.816. The number of nitrogen functional groups attached to an aromatic ring is 1. The Morgan fingerprint density at radius 3 is 2.82 bits per heavy atom. The van der Waals surface area contributed by atoms with Crippen LogP contribution in [0.15, 0.2) is 6.20 Å². The van der Waals surface area contributed by atoms with Crippen LogP contribution in [-0.4, -0.2) is 15.7 Å². The summed E-state index contributed by atoms with van der Waals surface area (Å²) in [5.74, 6) is 0.0912. The second-order valence-corrected chi connectivity index (χ2v) is 2.32. The summed E-state index contributed by atoms with van der Waals surface area (Å²) in [7, 11) is 1.71. The molecule has 0 aliphatic heterocycles. The lowest BCUT2D eigenvalue weighted by atomic mass is 10.2. The van der Waals surface area contributed by atoms with Crippen LogP contribution in [0.4, 0.5) is 5.82 Å². The van der Waals surface area contributed by atoms with E-state index in [-0.39, 0.29) is 6.42 Å². The largest absolute Gasteiger partial charge is 0.384 e. The summed E-state index contributed by atoms with van der Waals surface area (Å²) >= 11 is 0. The molecule has 0 unspecified atom stereocenters. The average Bonchev–Trinajstić information content (AvgIpc) is 2.18. The van der Waals surface area contributed by atoms with E-state index in [1.54, 1.807) is 13.2 Å². The Labute approximate surface area is 64.0 Å². The Kier molecular flexibility index (Phi) is 1.80. The first-order valence-corrected chi connectivity index (χ1v) is 3.16. The van der Waals surface area contributed by atoms with E-state index in [1.165, 1.54) is 4.68 Å². The van der Waals surface area contributed by atoms with Gasteiger partial charge in [0.2, 0.25) is 5.91 Å². The quantitative estimate of drug-likeness (QED) is 0.574. The number of carbonyl (C=O) groups is 1. The SMILES string of the molecule is Cn1ncc(CC(N)=O)c1N. The van der Waals surface area contributed by atoms with Gasteiger partial charge in [0.15, 0.2) is 0 Å². The van der Waals surface area contributed by atoms with Crippen molar-refractivity contribution in [3.05, 3.63) is 11.8 Å². The predicted molar refractivity (Wildman–Crippen MR) is 40.5 cm³/mol. The minimum atomic E-state index is -0.398. The summed E-state index contributed by atoms with van der Waals surface area (Å²) in [5, 5.41) is 3.85. The van der Waals surface area contributed by atoms with Crippen LogP contribution in [0.2, 0.25) is 0 Å². The maximum absolute atomic E-state index is 10.5. The van der Waals surface area contributed by atoms with Crippen LogP contribution in [0.3, 0.4) is 0 Å². The molecule has 0 saturated heterocycles. The van der Waals surface area contributed by atoms with Crippen molar-refractivity contribution in [2.45, 2.75) is 6.42 Å². The fraction of sp³-hybridized carbons (Fsp3) is 0.333. The number of carbonyl (C=O) groups excluding carboxylic acids is 1. The smallest absolute Gasteiger partial charge is 0.222 e. The van der Waals surface area contributed by atoms with Crippen LogP contribution in [0, 0.1) is 0 Å². The van der Waals surface area contributed by atoms with E-state index >= 15 is 0 Å².